The molecule has 0 saturated heterocycles. The Hall–Kier alpha value is -1.69. The topological polar surface area (TPSA) is 64.3 Å². The molecular formula is C15H18N2O3S. The van der Waals surface area contributed by atoms with Gasteiger partial charge in [0, 0.05) is 12.6 Å². The molecule has 1 aliphatic rings. The predicted molar refractivity (Wildman–Crippen MR) is 82.0 cm³/mol. The first-order valence-corrected chi connectivity index (χ1v) is 8.05. The number of ether oxygens (including phenoxy) is 1. The van der Waals surface area contributed by atoms with Crippen LogP contribution >= 0.6 is 11.8 Å². The molecule has 0 radical (unpaired) electrons. The fourth-order valence-corrected chi connectivity index (χ4v) is 3.31. The molecule has 3 rings (SSSR count). The third-order valence-corrected chi connectivity index (χ3v) is 4.87. The molecule has 2 aromatic rings. The van der Waals surface area contributed by atoms with Crippen LogP contribution in [0.5, 0.6) is 5.75 Å². The maximum Gasteiger partial charge on any atom is 0.313 e. The molecule has 0 unspecified atom stereocenters. The smallest absolute Gasteiger partial charge is 0.313 e. The van der Waals surface area contributed by atoms with Crippen molar-refractivity contribution < 1.29 is 14.6 Å². The first-order valence-electron chi connectivity index (χ1n) is 7.06. The van der Waals surface area contributed by atoms with Crippen molar-refractivity contribution in [2.45, 2.75) is 31.0 Å². The van der Waals surface area contributed by atoms with Crippen LogP contribution in [0.1, 0.15) is 19.3 Å². The zero-order chi connectivity index (χ0) is 14.8. The maximum absolute atomic E-state index is 10.8. The van der Waals surface area contributed by atoms with Gasteiger partial charge < -0.3 is 14.4 Å². The van der Waals surface area contributed by atoms with Gasteiger partial charge in [-0.2, -0.15) is 0 Å². The molecule has 5 nitrogen and oxygen atoms in total. The highest BCUT2D eigenvalue weighted by Crippen LogP contribution is 2.33. The number of aromatic nitrogens is 2. The number of thioether (sulfide) groups is 1. The van der Waals surface area contributed by atoms with Gasteiger partial charge in [-0.05, 0) is 30.9 Å². The second-order valence-electron chi connectivity index (χ2n) is 5.34. The SMILES string of the molecule is COc1ccc2c(c1)nc(SCC(=O)O)n2CC1CCC1. The van der Waals surface area contributed by atoms with Gasteiger partial charge in [-0.15, -0.1) is 0 Å². The highest BCUT2D eigenvalue weighted by molar-refractivity contribution is 7.99. The summed E-state index contributed by atoms with van der Waals surface area (Å²) in [5.41, 5.74) is 1.91. The molecule has 0 bridgehead atoms. The van der Waals surface area contributed by atoms with E-state index in [4.69, 9.17) is 9.84 Å². The number of nitrogens with zero attached hydrogens (tertiary/aromatic N) is 2. The van der Waals surface area contributed by atoms with E-state index in [1.54, 1.807) is 7.11 Å². The van der Waals surface area contributed by atoms with E-state index in [-0.39, 0.29) is 5.75 Å². The third kappa shape index (κ3) is 3.00. The van der Waals surface area contributed by atoms with Crippen molar-refractivity contribution in [1.29, 1.82) is 0 Å². The number of hydrogen-bond donors (Lipinski definition) is 1. The summed E-state index contributed by atoms with van der Waals surface area (Å²) in [5, 5.41) is 9.67. The number of aliphatic carboxylic acids is 1. The van der Waals surface area contributed by atoms with Crippen LogP contribution in [0.3, 0.4) is 0 Å². The maximum atomic E-state index is 10.8. The Balaban J connectivity index is 1.96. The number of rotatable bonds is 6. The molecule has 21 heavy (non-hydrogen) atoms. The Morgan fingerprint density at radius 2 is 2.33 bits per heavy atom. The number of benzene rings is 1. The van der Waals surface area contributed by atoms with E-state index in [0.717, 1.165) is 28.5 Å². The van der Waals surface area contributed by atoms with Crippen LogP contribution in [0.2, 0.25) is 0 Å². The van der Waals surface area contributed by atoms with Gasteiger partial charge in [-0.1, -0.05) is 18.2 Å². The second kappa shape index (κ2) is 5.97. The molecule has 1 saturated carbocycles. The van der Waals surface area contributed by atoms with Crippen molar-refractivity contribution in [3.8, 4) is 5.75 Å². The zero-order valence-electron chi connectivity index (χ0n) is 11.9. The van der Waals surface area contributed by atoms with Gasteiger partial charge in [0.1, 0.15) is 5.75 Å². The van der Waals surface area contributed by atoms with Crippen molar-refractivity contribution in [3.05, 3.63) is 18.2 Å². The lowest BCUT2D eigenvalue weighted by molar-refractivity contribution is -0.133. The minimum atomic E-state index is -0.820. The Bertz CT molecular complexity index is 664. The zero-order valence-corrected chi connectivity index (χ0v) is 12.7. The lowest BCUT2D eigenvalue weighted by Gasteiger charge is -2.26. The van der Waals surface area contributed by atoms with Crippen molar-refractivity contribution in [2.24, 2.45) is 5.92 Å². The highest BCUT2D eigenvalue weighted by Gasteiger charge is 2.21. The second-order valence-corrected chi connectivity index (χ2v) is 6.28. The molecule has 112 valence electrons. The van der Waals surface area contributed by atoms with Crippen LogP contribution in [-0.2, 0) is 11.3 Å². The Morgan fingerprint density at radius 3 is 2.95 bits per heavy atom. The molecule has 1 aromatic carbocycles. The summed E-state index contributed by atoms with van der Waals surface area (Å²) >= 11 is 1.28. The Kier molecular flexibility index (Phi) is 4.05. The van der Waals surface area contributed by atoms with Gasteiger partial charge in [0.25, 0.3) is 0 Å². The molecule has 1 aliphatic carbocycles. The first-order chi connectivity index (χ1) is 10.2. The fourth-order valence-electron chi connectivity index (χ4n) is 2.56. The molecule has 0 amide bonds. The normalized spacial score (nSPS) is 15.1. The molecule has 1 N–H and O–H groups in total. The molecule has 1 fully saturated rings. The van der Waals surface area contributed by atoms with Gasteiger partial charge >= 0.3 is 5.97 Å². The quantitative estimate of drug-likeness (QED) is 0.831. The minimum Gasteiger partial charge on any atom is -0.497 e. The average molecular weight is 306 g/mol. The standard InChI is InChI=1S/C15H18N2O3S/c1-20-11-5-6-13-12(7-11)16-15(21-9-14(18)19)17(13)8-10-3-2-4-10/h5-7,10H,2-4,8-9H2,1H3,(H,18,19). The number of imidazole rings is 1. The average Bonchev–Trinajstić information content (AvgIpc) is 2.77. The highest BCUT2D eigenvalue weighted by atomic mass is 32.2. The lowest BCUT2D eigenvalue weighted by Crippen LogP contribution is -2.18. The van der Waals surface area contributed by atoms with Crippen LogP contribution in [0.15, 0.2) is 23.4 Å². The van der Waals surface area contributed by atoms with E-state index < -0.39 is 5.97 Å². The van der Waals surface area contributed by atoms with Crippen LogP contribution in [0, 0.1) is 5.92 Å². The van der Waals surface area contributed by atoms with Gasteiger partial charge in [0.05, 0.1) is 23.9 Å². The van der Waals surface area contributed by atoms with Crippen LogP contribution in [-0.4, -0.2) is 33.5 Å². The fraction of sp³-hybridized carbons (Fsp3) is 0.467. The number of methoxy groups -OCH3 is 1. The van der Waals surface area contributed by atoms with E-state index in [1.807, 2.05) is 18.2 Å². The number of carboxylic acids is 1. The Labute approximate surface area is 127 Å². The van der Waals surface area contributed by atoms with Gasteiger partial charge in [0.2, 0.25) is 0 Å². The van der Waals surface area contributed by atoms with Crippen LogP contribution < -0.4 is 4.74 Å². The Morgan fingerprint density at radius 1 is 1.52 bits per heavy atom. The van der Waals surface area contributed by atoms with Gasteiger partial charge in [-0.25, -0.2) is 4.98 Å². The number of hydrogen-bond acceptors (Lipinski definition) is 4. The summed E-state index contributed by atoms with van der Waals surface area (Å²) in [6, 6.07) is 5.83. The number of carbonyl (C=O) groups is 1. The summed E-state index contributed by atoms with van der Waals surface area (Å²) < 4.78 is 7.39. The number of fused-ring (bicyclic) bond motifs is 1. The van der Waals surface area contributed by atoms with E-state index in [0.29, 0.717) is 5.92 Å². The molecule has 0 atom stereocenters. The van der Waals surface area contributed by atoms with E-state index in [1.165, 1.54) is 31.0 Å². The van der Waals surface area contributed by atoms with Crippen molar-refractivity contribution >= 4 is 28.8 Å². The molecule has 1 aromatic heterocycles. The predicted octanol–water partition coefficient (Wildman–Crippen LogP) is 3.02. The van der Waals surface area contributed by atoms with Gasteiger partial charge in [0.15, 0.2) is 5.16 Å². The van der Waals surface area contributed by atoms with Crippen LogP contribution in [0.25, 0.3) is 11.0 Å². The first kappa shape index (κ1) is 14.3. The molecule has 1 heterocycles. The van der Waals surface area contributed by atoms with E-state index in [2.05, 4.69) is 9.55 Å². The summed E-state index contributed by atoms with van der Waals surface area (Å²) in [5.74, 6) is 0.671. The van der Waals surface area contributed by atoms with Gasteiger partial charge in [-0.3, -0.25) is 4.79 Å². The summed E-state index contributed by atoms with van der Waals surface area (Å²) in [7, 11) is 1.63. The lowest BCUT2D eigenvalue weighted by atomic mass is 9.85. The van der Waals surface area contributed by atoms with Crippen molar-refractivity contribution in [2.75, 3.05) is 12.9 Å². The van der Waals surface area contributed by atoms with E-state index >= 15 is 0 Å². The van der Waals surface area contributed by atoms with Crippen molar-refractivity contribution in [1.82, 2.24) is 9.55 Å². The van der Waals surface area contributed by atoms with E-state index in [9.17, 15) is 4.79 Å². The van der Waals surface area contributed by atoms with Crippen molar-refractivity contribution in [3.63, 3.8) is 0 Å². The third-order valence-electron chi connectivity index (χ3n) is 3.91. The molecular weight excluding hydrogens is 288 g/mol. The van der Waals surface area contributed by atoms with Crippen LogP contribution in [0.4, 0.5) is 0 Å². The number of carboxylic acid groups (broad SMARTS) is 1. The summed E-state index contributed by atoms with van der Waals surface area (Å²) in [4.78, 5) is 15.4. The molecule has 0 spiro atoms. The largest absolute Gasteiger partial charge is 0.497 e. The summed E-state index contributed by atoms with van der Waals surface area (Å²) in [6.45, 7) is 0.921. The summed E-state index contributed by atoms with van der Waals surface area (Å²) in [6.07, 6.45) is 3.79. The monoisotopic (exact) mass is 306 g/mol. The molecule has 0 aliphatic heterocycles. The minimum absolute atomic E-state index is 0.0329. The molecule has 6 heteroatoms.